The fourth-order valence-corrected chi connectivity index (χ4v) is 3.51. The number of rotatable bonds is 7. The number of nitrogens with zero attached hydrogens (tertiary/aromatic N) is 1. The summed E-state index contributed by atoms with van der Waals surface area (Å²) in [5.74, 6) is 0. The molecule has 0 saturated heterocycles. The summed E-state index contributed by atoms with van der Waals surface area (Å²) in [5.41, 5.74) is 0.563. The number of sulfonamides is 1. The minimum absolute atomic E-state index is 0.342. The molecule has 5 nitrogen and oxygen atoms in total. The summed E-state index contributed by atoms with van der Waals surface area (Å²) in [6, 6.07) is 2.37. The lowest BCUT2D eigenvalue weighted by Crippen LogP contribution is -2.42. The van der Waals surface area contributed by atoms with Gasteiger partial charge in [-0.05, 0) is 39.2 Å². The van der Waals surface area contributed by atoms with E-state index in [1.807, 2.05) is 32.4 Å². The predicted molar refractivity (Wildman–Crippen MR) is 80.0 cm³/mol. The lowest BCUT2D eigenvalue weighted by Gasteiger charge is -2.23. The van der Waals surface area contributed by atoms with E-state index in [0.717, 1.165) is 12.1 Å². The van der Waals surface area contributed by atoms with Gasteiger partial charge in [0.2, 0.25) is 10.0 Å². The zero-order valence-corrected chi connectivity index (χ0v) is 13.5. The molecule has 114 valence electrons. The number of hydrogen-bond donors (Lipinski definition) is 2. The summed E-state index contributed by atoms with van der Waals surface area (Å²) >= 11 is 0. The lowest BCUT2D eigenvalue weighted by molar-refractivity contribution is 0.439. The first-order valence-electron chi connectivity index (χ1n) is 7.16. The summed E-state index contributed by atoms with van der Waals surface area (Å²) in [6.07, 6.45) is 4.87. The Hall–Kier alpha value is -0.850. The fourth-order valence-electron chi connectivity index (χ4n) is 1.93. The zero-order valence-electron chi connectivity index (χ0n) is 12.7. The minimum Gasteiger partial charge on any atom is -0.352 e. The third-order valence-corrected chi connectivity index (χ3v) is 5.50. The average Bonchev–Trinajstić information content (AvgIpc) is 3.09. The quantitative estimate of drug-likeness (QED) is 0.806. The number of aromatic nitrogens is 1. The molecular formula is C14H25N3O2S. The molecule has 0 atom stereocenters. The van der Waals surface area contributed by atoms with E-state index in [4.69, 9.17) is 0 Å². The molecule has 1 heterocycles. The second kappa shape index (κ2) is 5.50. The molecule has 20 heavy (non-hydrogen) atoms. The molecule has 1 aromatic rings. The lowest BCUT2D eigenvalue weighted by atomic mass is 10.0. The maximum atomic E-state index is 12.4. The van der Waals surface area contributed by atoms with Crippen LogP contribution in [0.1, 0.15) is 45.7 Å². The normalized spacial score (nSPS) is 16.6. The molecule has 6 heteroatoms. The topological polar surface area (TPSA) is 63.1 Å². The molecule has 2 rings (SSSR count). The van der Waals surface area contributed by atoms with Crippen LogP contribution in [0.15, 0.2) is 17.2 Å². The van der Waals surface area contributed by atoms with Crippen LogP contribution < -0.4 is 10.0 Å². The molecule has 0 unspecified atom stereocenters. The predicted octanol–water partition coefficient (Wildman–Crippen LogP) is 1.74. The van der Waals surface area contributed by atoms with Gasteiger partial charge >= 0.3 is 0 Å². The van der Waals surface area contributed by atoms with Gasteiger partial charge in [0.1, 0.15) is 0 Å². The Morgan fingerprint density at radius 2 is 2.05 bits per heavy atom. The Kier molecular flexibility index (Phi) is 4.27. The third kappa shape index (κ3) is 3.84. The molecule has 1 saturated carbocycles. The Labute approximate surface area is 121 Å². The molecular weight excluding hydrogens is 274 g/mol. The SMILES string of the molecule is CCC(C)(C)NS(=O)(=O)c1cc(CNC2CC2)n(C)c1. The van der Waals surface area contributed by atoms with E-state index in [0.29, 0.717) is 17.5 Å². The van der Waals surface area contributed by atoms with Crippen molar-refractivity contribution < 1.29 is 8.42 Å². The van der Waals surface area contributed by atoms with E-state index < -0.39 is 15.6 Å². The molecule has 0 radical (unpaired) electrons. The van der Waals surface area contributed by atoms with Gasteiger partial charge in [-0.3, -0.25) is 0 Å². The first kappa shape index (κ1) is 15.5. The molecule has 1 aliphatic rings. The van der Waals surface area contributed by atoms with Crippen molar-refractivity contribution in [3.8, 4) is 0 Å². The van der Waals surface area contributed by atoms with Gasteiger partial charge in [-0.2, -0.15) is 0 Å². The number of hydrogen-bond acceptors (Lipinski definition) is 3. The van der Waals surface area contributed by atoms with Crippen LogP contribution in [0.2, 0.25) is 0 Å². The summed E-state index contributed by atoms with van der Waals surface area (Å²) in [7, 11) is -1.57. The first-order valence-corrected chi connectivity index (χ1v) is 8.64. The van der Waals surface area contributed by atoms with Gasteiger partial charge in [0, 0.05) is 37.1 Å². The highest BCUT2D eigenvalue weighted by atomic mass is 32.2. The summed E-state index contributed by atoms with van der Waals surface area (Å²) < 4.78 is 29.4. The molecule has 1 aromatic heterocycles. The maximum absolute atomic E-state index is 12.4. The first-order chi connectivity index (χ1) is 9.23. The van der Waals surface area contributed by atoms with E-state index in [9.17, 15) is 8.42 Å². The zero-order chi connectivity index (χ0) is 15.0. The van der Waals surface area contributed by atoms with Crippen LogP contribution >= 0.6 is 0 Å². The smallest absolute Gasteiger partial charge is 0.242 e. The van der Waals surface area contributed by atoms with E-state index >= 15 is 0 Å². The highest BCUT2D eigenvalue weighted by molar-refractivity contribution is 7.89. The summed E-state index contributed by atoms with van der Waals surface area (Å²) in [5, 5.41) is 3.40. The van der Waals surface area contributed by atoms with Gasteiger partial charge in [-0.1, -0.05) is 6.92 Å². The summed E-state index contributed by atoms with van der Waals surface area (Å²) in [4.78, 5) is 0.342. The van der Waals surface area contributed by atoms with Crippen LogP contribution in [0, 0.1) is 0 Å². The Morgan fingerprint density at radius 3 is 2.60 bits per heavy atom. The maximum Gasteiger partial charge on any atom is 0.242 e. The van der Waals surface area contributed by atoms with Gasteiger partial charge in [0.05, 0.1) is 4.90 Å². The van der Waals surface area contributed by atoms with Crippen LogP contribution in [0.3, 0.4) is 0 Å². The van der Waals surface area contributed by atoms with Crippen molar-refractivity contribution in [3.63, 3.8) is 0 Å². The number of nitrogens with one attached hydrogen (secondary N) is 2. The van der Waals surface area contributed by atoms with Crippen LogP contribution in [-0.4, -0.2) is 24.6 Å². The van der Waals surface area contributed by atoms with E-state index in [1.54, 1.807) is 12.3 Å². The van der Waals surface area contributed by atoms with Crippen molar-refractivity contribution in [2.75, 3.05) is 0 Å². The highest BCUT2D eigenvalue weighted by Gasteiger charge is 2.26. The molecule has 0 spiro atoms. The molecule has 0 amide bonds. The largest absolute Gasteiger partial charge is 0.352 e. The Bertz CT molecular complexity index is 571. The molecule has 2 N–H and O–H groups in total. The summed E-state index contributed by atoms with van der Waals surface area (Å²) in [6.45, 7) is 6.47. The van der Waals surface area contributed by atoms with Crippen molar-refractivity contribution in [1.29, 1.82) is 0 Å². The van der Waals surface area contributed by atoms with Gasteiger partial charge in [0.15, 0.2) is 0 Å². The molecule has 0 aliphatic heterocycles. The molecule has 1 aliphatic carbocycles. The van der Waals surface area contributed by atoms with Crippen molar-refractivity contribution in [2.24, 2.45) is 7.05 Å². The van der Waals surface area contributed by atoms with Crippen molar-refractivity contribution >= 4 is 10.0 Å². The minimum atomic E-state index is -3.45. The number of aryl methyl sites for hydroxylation is 1. The molecule has 0 bridgehead atoms. The van der Waals surface area contributed by atoms with Crippen LogP contribution in [0.4, 0.5) is 0 Å². The fraction of sp³-hybridized carbons (Fsp3) is 0.714. The molecule has 1 fully saturated rings. The van der Waals surface area contributed by atoms with Gasteiger partial charge in [0.25, 0.3) is 0 Å². The standard InChI is InChI=1S/C14H25N3O2S/c1-5-14(2,3)16-20(18,19)13-8-12(17(4)10-13)9-15-11-6-7-11/h8,10-11,15-16H,5-7,9H2,1-4H3. The van der Waals surface area contributed by atoms with E-state index in [2.05, 4.69) is 10.0 Å². The second-order valence-electron chi connectivity index (χ2n) is 6.28. The average molecular weight is 299 g/mol. The molecule has 0 aromatic carbocycles. The van der Waals surface area contributed by atoms with E-state index in [1.165, 1.54) is 12.8 Å². The van der Waals surface area contributed by atoms with Crippen LogP contribution in [0.5, 0.6) is 0 Å². The second-order valence-corrected chi connectivity index (χ2v) is 7.96. The van der Waals surface area contributed by atoms with Gasteiger partial charge in [-0.15, -0.1) is 0 Å². The Balaban J connectivity index is 2.12. The van der Waals surface area contributed by atoms with Crippen LogP contribution in [0.25, 0.3) is 0 Å². The van der Waals surface area contributed by atoms with Crippen LogP contribution in [-0.2, 0) is 23.6 Å². The van der Waals surface area contributed by atoms with Gasteiger partial charge in [-0.25, -0.2) is 13.1 Å². The third-order valence-electron chi connectivity index (χ3n) is 3.84. The van der Waals surface area contributed by atoms with Crippen molar-refractivity contribution in [3.05, 3.63) is 18.0 Å². The van der Waals surface area contributed by atoms with Crippen molar-refractivity contribution in [1.82, 2.24) is 14.6 Å². The monoisotopic (exact) mass is 299 g/mol. The Morgan fingerprint density at radius 1 is 1.40 bits per heavy atom. The van der Waals surface area contributed by atoms with Crippen molar-refractivity contribution in [2.45, 2.75) is 63.1 Å². The van der Waals surface area contributed by atoms with Gasteiger partial charge < -0.3 is 9.88 Å². The highest BCUT2D eigenvalue weighted by Crippen LogP contribution is 2.21. The van der Waals surface area contributed by atoms with E-state index in [-0.39, 0.29) is 0 Å².